The summed E-state index contributed by atoms with van der Waals surface area (Å²) in [6, 6.07) is 4.50. The third kappa shape index (κ3) is 3.50. The molecule has 0 spiro atoms. The monoisotopic (exact) mass is 321 g/mol. The molecule has 6 heteroatoms. The van der Waals surface area contributed by atoms with Crippen molar-refractivity contribution in [3.8, 4) is 0 Å². The van der Waals surface area contributed by atoms with Gasteiger partial charge in [-0.25, -0.2) is 12.8 Å². The second-order valence-electron chi connectivity index (χ2n) is 4.22. The summed E-state index contributed by atoms with van der Waals surface area (Å²) >= 11 is 3.28. The van der Waals surface area contributed by atoms with Crippen molar-refractivity contribution in [2.24, 2.45) is 0 Å². The molecule has 1 atom stereocenters. The number of halogens is 2. The van der Waals surface area contributed by atoms with E-state index in [4.69, 9.17) is 0 Å². The van der Waals surface area contributed by atoms with E-state index in [9.17, 15) is 12.8 Å². The highest BCUT2D eigenvalue weighted by atomic mass is 79.9. The van der Waals surface area contributed by atoms with Crippen LogP contribution in [0.15, 0.2) is 22.7 Å². The van der Waals surface area contributed by atoms with Crippen molar-refractivity contribution in [2.75, 3.05) is 11.5 Å². The fourth-order valence-electron chi connectivity index (χ4n) is 1.88. The molecule has 1 aromatic carbocycles. The Labute approximate surface area is 108 Å². The SMILES string of the molecule is O=S1(=O)CC[C@H](NCc2ccc(F)cc2Br)C1. The molecule has 1 fully saturated rings. The summed E-state index contributed by atoms with van der Waals surface area (Å²) in [6.45, 7) is 0.543. The molecule has 94 valence electrons. The minimum absolute atomic E-state index is 0.0111. The van der Waals surface area contributed by atoms with E-state index in [0.717, 1.165) is 5.56 Å². The molecule has 0 aromatic heterocycles. The van der Waals surface area contributed by atoms with E-state index in [2.05, 4.69) is 21.2 Å². The summed E-state index contributed by atoms with van der Waals surface area (Å²) in [5.74, 6) is 0.171. The van der Waals surface area contributed by atoms with Crippen molar-refractivity contribution in [1.29, 1.82) is 0 Å². The van der Waals surface area contributed by atoms with Crippen LogP contribution in [0.4, 0.5) is 4.39 Å². The fourth-order valence-corrected chi connectivity index (χ4v) is 4.07. The molecule has 3 nitrogen and oxygen atoms in total. The molecule has 0 saturated carbocycles. The zero-order chi connectivity index (χ0) is 12.5. The van der Waals surface area contributed by atoms with Crippen LogP contribution in [-0.4, -0.2) is 26.0 Å². The van der Waals surface area contributed by atoms with Crippen molar-refractivity contribution in [3.63, 3.8) is 0 Å². The number of rotatable bonds is 3. The topological polar surface area (TPSA) is 46.2 Å². The summed E-state index contributed by atoms with van der Waals surface area (Å²) < 4.78 is 36.1. The van der Waals surface area contributed by atoms with Gasteiger partial charge in [0.2, 0.25) is 0 Å². The molecular formula is C11H13BrFNO2S. The van der Waals surface area contributed by atoms with Crippen molar-refractivity contribution in [2.45, 2.75) is 19.0 Å². The summed E-state index contributed by atoms with van der Waals surface area (Å²) in [5, 5.41) is 3.18. The first-order valence-corrected chi connectivity index (χ1v) is 7.95. The van der Waals surface area contributed by atoms with Gasteiger partial charge in [-0.2, -0.15) is 0 Å². The van der Waals surface area contributed by atoms with Crippen molar-refractivity contribution < 1.29 is 12.8 Å². The number of hydrogen-bond acceptors (Lipinski definition) is 3. The highest BCUT2D eigenvalue weighted by Crippen LogP contribution is 2.19. The Bertz CT molecular complexity index is 518. The van der Waals surface area contributed by atoms with Crippen molar-refractivity contribution >= 4 is 25.8 Å². The minimum atomic E-state index is -2.85. The Morgan fingerprint density at radius 1 is 1.47 bits per heavy atom. The average Bonchev–Trinajstić information content (AvgIpc) is 2.57. The zero-order valence-electron chi connectivity index (χ0n) is 9.12. The van der Waals surface area contributed by atoms with Gasteiger partial charge in [-0.3, -0.25) is 0 Å². The van der Waals surface area contributed by atoms with Gasteiger partial charge in [0.15, 0.2) is 9.84 Å². The lowest BCUT2D eigenvalue weighted by Crippen LogP contribution is -2.29. The van der Waals surface area contributed by atoms with Crippen LogP contribution in [0.1, 0.15) is 12.0 Å². The van der Waals surface area contributed by atoms with Crippen LogP contribution in [-0.2, 0) is 16.4 Å². The smallest absolute Gasteiger partial charge is 0.151 e. The Hall–Kier alpha value is -0.460. The molecule has 1 aromatic rings. The second-order valence-corrected chi connectivity index (χ2v) is 7.30. The largest absolute Gasteiger partial charge is 0.309 e. The molecule has 0 aliphatic carbocycles. The van der Waals surface area contributed by atoms with Crippen LogP contribution in [0.25, 0.3) is 0 Å². The Morgan fingerprint density at radius 2 is 2.24 bits per heavy atom. The third-order valence-corrected chi connectivity index (χ3v) is 5.33. The van der Waals surface area contributed by atoms with Gasteiger partial charge in [0, 0.05) is 17.1 Å². The van der Waals surface area contributed by atoms with Crippen LogP contribution < -0.4 is 5.32 Å². The first kappa shape index (κ1) is 13.0. The van der Waals surface area contributed by atoms with Gasteiger partial charge in [-0.1, -0.05) is 22.0 Å². The average molecular weight is 322 g/mol. The highest BCUT2D eigenvalue weighted by Gasteiger charge is 2.27. The molecule has 0 bridgehead atoms. The number of sulfone groups is 1. The van der Waals surface area contributed by atoms with Crippen LogP contribution in [0, 0.1) is 5.82 Å². The van der Waals surface area contributed by atoms with Gasteiger partial charge in [0.05, 0.1) is 11.5 Å². The molecular weight excluding hydrogens is 309 g/mol. The Kier molecular flexibility index (Phi) is 3.85. The molecule has 0 amide bonds. The zero-order valence-corrected chi connectivity index (χ0v) is 11.5. The van der Waals surface area contributed by atoms with E-state index >= 15 is 0 Å². The van der Waals surface area contributed by atoms with E-state index in [0.29, 0.717) is 17.4 Å². The van der Waals surface area contributed by atoms with E-state index in [1.807, 2.05) is 0 Å². The molecule has 0 unspecified atom stereocenters. The van der Waals surface area contributed by atoms with Gasteiger partial charge in [-0.15, -0.1) is 0 Å². The maximum absolute atomic E-state index is 12.9. The van der Waals surface area contributed by atoms with Gasteiger partial charge in [-0.05, 0) is 24.1 Å². The van der Waals surface area contributed by atoms with Crippen LogP contribution in [0.2, 0.25) is 0 Å². The first-order chi connectivity index (χ1) is 7.96. The standard InChI is InChI=1S/C11H13BrFNO2S/c12-11-5-9(13)2-1-8(11)6-14-10-3-4-17(15,16)7-10/h1-2,5,10,14H,3-4,6-7H2/t10-/m0/s1. The summed E-state index contributed by atoms with van der Waals surface area (Å²) in [7, 11) is -2.85. The quantitative estimate of drug-likeness (QED) is 0.924. The van der Waals surface area contributed by atoms with E-state index < -0.39 is 9.84 Å². The predicted octanol–water partition coefficient (Wildman–Crippen LogP) is 1.86. The number of benzene rings is 1. The molecule has 1 aliphatic rings. The van der Waals surface area contributed by atoms with Crippen molar-refractivity contribution in [1.82, 2.24) is 5.32 Å². The maximum Gasteiger partial charge on any atom is 0.151 e. The minimum Gasteiger partial charge on any atom is -0.309 e. The molecule has 1 heterocycles. The fraction of sp³-hybridized carbons (Fsp3) is 0.455. The lowest BCUT2D eigenvalue weighted by molar-refractivity contribution is 0.552. The van der Waals surface area contributed by atoms with Gasteiger partial charge in [0.25, 0.3) is 0 Å². The van der Waals surface area contributed by atoms with E-state index in [-0.39, 0.29) is 23.4 Å². The third-order valence-electron chi connectivity index (χ3n) is 2.83. The predicted molar refractivity (Wildman–Crippen MR) is 68.0 cm³/mol. The lowest BCUT2D eigenvalue weighted by atomic mass is 10.2. The van der Waals surface area contributed by atoms with E-state index in [1.54, 1.807) is 6.07 Å². The normalized spacial score (nSPS) is 22.8. The van der Waals surface area contributed by atoms with Crippen LogP contribution >= 0.6 is 15.9 Å². The Morgan fingerprint density at radius 3 is 2.82 bits per heavy atom. The van der Waals surface area contributed by atoms with E-state index in [1.165, 1.54) is 12.1 Å². The first-order valence-electron chi connectivity index (χ1n) is 5.34. The summed E-state index contributed by atoms with van der Waals surface area (Å²) in [6.07, 6.45) is 0.654. The van der Waals surface area contributed by atoms with Crippen molar-refractivity contribution in [3.05, 3.63) is 34.1 Å². The molecule has 1 N–H and O–H groups in total. The summed E-state index contributed by atoms with van der Waals surface area (Å²) in [4.78, 5) is 0. The molecule has 0 radical (unpaired) electrons. The highest BCUT2D eigenvalue weighted by molar-refractivity contribution is 9.10. The van der Waals surface area contributed by atoms with Gasteiger partial charge >= 0.3 is 0 Å². The molecule has 17 heavy (non-hydrogen) atoms. The second kappa shape index (κ2) is 5.04. The maximum atomic E-state index is 12.9. The number of nitrogens with one attached hydrogen (secondary N) is 1. The molecule has 2 rings (SSSR count). The molecule has 1 saturated heterocycles. The van der Waals surface area contributed by atoms with Crippen LogP contribution in [0.5, 0.6) is 0 Å². The molecule has 1 aliphatic heterocycles. The Balaban J connectivity index is 1.95. The number of hydrogen-bond donors (Lipinski definition) is 1. The van der Waals surface area contributed by atoms with Gasteiger partial charge in [0.1, 0.15) is 5.82 Å². The van der Waals surface area contributed by atoms with Gasteiger partial charge < -0.3 is 5.32 Å². The van der Waals surface area contributed by atoms with Crippen LogP contribution in [0.3, 0.4) is 0 Å². The summed E-state index contributed by atoms with van der Waals surface area (Å²) in [5.41, 5.74) is 0.927. The lowest BCUT2D eigenvalue weighted by Gasteiger charge is -2.11.